The Bertz CT molecular complexity index is 660. The van der Waals surface area contributed by atoms with Crippen molar-refractivity contribution in [2.24, 2.45) is 0 Å². The molecule has 0 saturated carbocycles. The molecule has 0 amide bonds. The summed E-state index contributed by atoms with van der Waals surface area (Å²) in [5.41, 5.74) is 0.0512. The van der Waals surface area contributed by atoms with Crippen molar-refractivity contribution >= 4 is 29.1 Å². The molecule has 3 rings (SSSR count). The van der Waals surface area contributed by atoms with Crippen molar-refractivity contribution in [2.45, 2.75) is 9.79 Å². The maximum Gasteiger partial charge on any atom is 0.270 e. The van der Waals surface area contributed by atoms with Gasteiger partial charge < -0.3 is 4.74 Å². The molecular weight excluding hydrogens is 274 g/mol. The average molecular weight is 280 g/mol. The Balaban J connectivity index is 2.05. The number of nitrogens with zero attached hydrogens (tertiary/aromatic N) is 1. The van der Waals surface area contributed by atoms with Crippen LogP contribution in [0.1, 0.15) is 0 Å². The highest BCUT2D eigenvalue weighted by atomic mass is 35.5. The molecule has 0 fully saturated rings. The highest BCUT2D eigenvalue weighted by Crippen LogP contribution is 2.48. The third kappa shape index (κ3) is 1.91. The Hall–Kier alpha value is -1.72. The number of halogens is 1. The molecule has 1 aliphatic rings. The second kappa shape index (κ2) is 4.19. The van der Waals surface area contributed by atoms with Gasteiger partial charge in [-0.05, 0) is 24.3 Å². The van der Waals surface area contributed by atoms with Gasteiger partial charge in [0.15, 0.2) is 0 Å². The normalized spacial score (nSPS) is 12.3. The summed E-state index contributed by atoms with van der Waals surface area (Å²) < 4.78 is 5.67. The lowest BCUT2D eigenvalue weighted by Gasteiger charge is -2.19. The highest BCUT2D eigenvalue weighted by molar-refractivity contribution is 7.99. The number of nitro groups is 1. The summed E-state index contributed by atoms with van der Waals surface area (Å²) in [7, 11) is 0. The van der Waals surface area contributed by atoms with Gasteiger partial charge in [-0.15, -0.1) is 0 Å². The molecule has 0 radical (unpaired) electrons. The van der Waals surface area contributed by atoms with E-state index in [4.69, 9.17) is 16.3 Å². The predicted octanol–water partition coefficient (Wildman–Crippen LogP) is 4.51. The molecule has 0 saturated heterocycles. The van der Waals surface area contributed by atoms with Crippen LogP contribution in [0, 0.1) is 10.1 Å². The number of fused-ring (bicyclic) bond motifs is 2. The molecule has 4 nitrogen and oxygen atoms in total. The zero-order valence-corrected chi connectivity index (χ0v) is 10.5. The SMILES string of the molecule is O=[N+]([O-])c1ccc2c(c1)Sc1cc(Cl)ccc1O2. The van der Waals surface area contributed by atoms with E-state index in [-0.39, 0.29) is 5.69 Å². The van der Waals surface area contributed by atoms with Gasteiger partial charge in [-0.25, -0.2) is 0 Å². The Labute approximate surface area is 112 Å². The van der Waals surface area contributed by atoms with Crippen LogP contribution in [0.25, 0.3) is 0 Å². The summed E-state index contributed by atoms with van der Waals surface area (Å²) >= 11 is 7.32. The van der Waals surface area contributed by atoms with E-state index in [1.807, 2.05) is 0 Å². The molecule has 2 aromatic carbocycles. The fourth-order valence-electron chi connectivity index (χ4n) is 1.66. The van der Waals surface area contributed by atoms with Crippen molar-refractivity contribution in [2.75, 3.05) is 0 Å². The standard InChI is InChI=1S/C12H6ClNO3S/c13-7-1-3-9-11(5-7)18-12-6-8(14(15)16)2-4-10(12)17-9/h1-6H. The molecule has 18 heavy (non-hydrogen) atoms. The van der Waals surface area contributed by atoms with Gasteiger partial charge >= 0.3 is 0 Å². The minimum absolute atomic E-state index is 0.0512. The van der Waals surface area contributed by atoms with Gasteiger partial charge in [0.2, 0.25) is 0 Å². The van der Waals surface area contributed by atoms with Crippen LogP contribution in [0.4, 0.5) is 5.69 Å². The van der Waals surface area contributed by atoms with Gasteiger partial charge in [-0.2, -0.15) is 0 Å². The number of nitro benzene ring substituents is 1. The average Bonchev–Trinajstić information content (AvgIpc) is 2.35. The minimum atomic E-state index is -0.422. The van der Waals surface area contributed by atoms with Gasteiger partial charge in [-0.1, -0.05) is 23.4 Å². The van der Waals surface area contributed by atoms with E-state index in [2.05, 4.69) is 0 Å². The van der Waals surface area contributed by atoms with Crippen molar-refractivity contribution in [3.63, 3.8) is 0 Å². The first kappa shape index (κ1) is 11.4. The van der Waals surface area contributed by atoms with E-state index in [0.29, 0.717) is 16.5 Å². The van der Waals surface area contributed by atoms with Crippen LogP contribution in [-0.2, 0) is 0 Å². The van der Waals surface area contributed by atoms with Crippen LogP contribution >= 0.6 is 23.4 Å². The number of hydrogen-bond donors (Lipinski definition) is 0. The molecule has 0 bridgehead atoms. The lowest BCUT2D eigenvalue weighted by atomic mass is 10.3. The molecule has 0 spiro atoms. The van der Waals surface area contributed by atoms with E-state index in [1.54, 1.807) is 24.3 Å². The molecule has 1 aliphatic heterocycles. The van der Waals surface area contributed by atoms with Gasteiger partial charge in [0, 0.05) is 17.2 Å². The van der Waals surface area contributed by atoms with Crippen molar-refractivity contribution in [1.29, 1.82) is 0 Å². The van der Waals surface area contributed by atoms with E-state index in [0.717, 1.165) is 9.79 Å². The summed E-state index contributed by atoms with van der Waals surface area (Å²) in [6, 6.07) is 9.86. The smallest absolute Gasteiger partial charge is 0.270 e. The first-order valence-electron chi connectivity index (χ1n) is 5.07. The zero-order valence-electron chi connectivity index (χ0n) is 8.92. The number of rotatable bonds is 1. The van der Waals surface area contributed by atoms with Gasteiger partial charge in [-0.3, -0.25) is 10.1 Å². The topological polar surface area (TPSA) is 52.4 Å². The van der Waals surface area contributed by atoms with Crippen molar-refractivity contribution < 1.29 is 9.66 Å². The van der Waals surface area contributed by atoms with Gasteiger partial charge in [0.05, 0.1) is 14.7 Å². The van der Waals surface area contributed by atoms with E-state index < -0.39 is 4.92 Å². The number of ether oxygens (including phenoxy) is 1. The highest BCUT2D eigenvalue weighted by Gasteiger charge is 2.20. The monoisotopic (exact) mass is 279 g/mol. The summed E-state index contributed by atoms with van der Waals surface area (Å²) in [5, 5.41) is 11.3. The minimum Gasteiger partial charge on any atom is -0.455 e. The van der Waals surface area contributed by atoms with Crippen LogP contribution < -0.4 is 4.74 Å². The Morgan fingerprint density at radius 1 is 1.11 bits per heavy atom. The Morgan fingerprint density at radius 2 is 1.78 bits per heavy atom. The third-order valence-electron chi connectivity index (χ3n) is 2.48. The molecule has 0 aromatic heterocycles. The maximum atomic E-state index is 10.7. The molecule has 0 aliphatic carbocycles. The molecule has 0 N–H and O–H groups in total. The fraction of sp³-hybridized carbons (Fsp3) is 0. The van der Waals surface area contributed by atoms with Crippen LogP contribution in [0.3, 0.4) is 0 Å². The second-order valence-electron chi connectivity index (χ2n) is 3.68. The second-order valence-corrected chi connectivity index (χ2v) is 5.20. The van der Waals surface area contributed by atoms with Gasteiger partial charge in [0.25, 0.3) is 5.69 Å². The van der Waals surface area contributed by atoms with Crippen LogP contribution in [0.2, 0.25) is 5.02 Å². The summed E-state index contributed by atoms with van der Waals surface area (Å²) in [5.74, 6) is 1.34. The van der Waals surface area contributed by atoms with E-state index >= 15 is 0 Å². The number of benzene rings is 2. The molecular formula is C12H6ClNO3S. The van der Waals surface area contributed by atoms with Gasteiger partial charge in [0.1, 0.15) is 11.5 Å². The van der Waals surface area contributed by atoms with Crippen LogP contribution in [-0.4, -0.2) is 4.92 Å². The Morgan fingerprint density at radius 3 is 2.50 bits per heavy atom. The van der Waals surface area contributed by atoms with Crippen molar-refractivity contribution in [1.82, 2.24) is 0 Å². The summed E-state index contributed by atoms with van der Waals surface area (Å²) in [6.07, 6.45) is 0. The molecule has 2 aromatic rings. The lowest BCUT2D eigenvalue weighted by molar-refractivity contribution is -0.385. The zero-order chi connectivity index (χ0) is 12.7. The quantitative estimate of drug-likeness (QED) is 0.486. The van der Waals surface area contributed by atoms with Crippen molar-refractivity contribution in [3.05, 3.63) is 51.5 Å². The third-order valence-corrected chi connectivity index (χ3v) is 3.80. The van der Waals surface area contributed by atoms with Crippen LogP contribution in [0.5, 0.6) is 11.5 Å². The summed E-state index contributed by atoms with van der Waals surface area (Å²) in [4.78, 5) is 11.9. The number of hydrogen-bond acceptors (Lipinski definition) is 4. The largest absolute Gasteiger partial charge is 0.455 e. The first-order valence-corrected chi connectivity index (χ1v) is 6.26. The fourth-order valence-corrected chi connectivity index (χ4v) is 2.92. The first-order chi connectivity index (χ1) is 8.63. The van der Waals surface area contributed by atoms with E-state index in [9.17, 15) is 10.1 Å². The van der Waals surface area contributed by atoms with Crippen LogP contribution in [0.15, 0.2) is 46.2 Å². The molecule has 1 heterocycles. The molecule has 0 atom stereocenters. The predicted molar refractivity (Wildman–Crippen MR) is 68.7 cm³/mol. The molecule has 0 unspecified atom stereocenters. The molecule has 90 valence electrons. The maximum absolute atomic E-state index is 10.7. The lowest BCUT2D eigenvalue weighted by Crippen LogP contribution is -1.96. The summed E-state index contributed by atoms with van der Waals surface area (Å²) in [6.45, 7) is 0. The van der Waals surface area contributed by atoms with E-state index in [1.165, 1.54) is 23.9 Å². The Kier molecular flexibility index (Phi) is 2.65. The molecule has 6 heteroatoms. The number of non-ortho nitro benzene ring substituents is 1. The van der Waals surface area contributed by atoms with Crippen molar-refractivity contribution in [3.8, 4) is 11.5 Å².